The number of rotatable bonds is 7. The normalized spacial score (nSPS) is 11.6. The molecule has 1 rings (SSSR count). The van der Waals surface area contributed by atoms with E-state index in [0.717, 1.165) is 12.1 Å². The van der Waals surface area contributed by atoms with Gasteiger partial charge < -0.3 is 20.5 Å². The van der Waals surface area contributed by atoms with Gasteiger partial charge in [-0.3, -0.25) is 0 Å². The van der Waals surface area contributed by atoms with E-state index in [1.54, 1.807) is 7.11 Å². The molecular weight excluding hydrogens is 290 g/mol. The van der Waals surface area contributed by atoms with Crippen molar-refractivity contribution >= 4 is 17.6 Å². The third kappa shape index (κ3) is 5.71. The number of guanidine groups is 1. The van der Waals surface area contributed by atoms with Crippen molar-refractivity contribution in [2.24, 2.45) is 16.6 Å². The zero-order valence-corrected chi connectivity index (χ0v) is 13.8. The second-order valence-corrected chi connectivity index (χ2v) is 5.43. The molecule has 0 amide bonds. The highest BCUT2D eigenvalue weighted by Gasteiger charge is 2.11. The quantitative estimate of drug-likeness (QED) is 0.600. The van der Waals surface area contributed by atoms with Crippen LogP contribution in [0.5, 0.6) is 11.5 Å². The molecule has 5 nitrogen and oxygen atoms in total. The molecule has 0 bridgehead atoms. The maximum Gasteiger partial charge on any atom is 0.188 e. The molecule has 0 aliphatic carbocycles. The molecule has 3 N–H and O–H groups in total. The molecule has 0 saturated carbocycles. The van der Waals surface area contributed by atoms with E-state index in [4.69, 9.17) is 26.8 Å². The van der Waals surface area contributed by atoms with Gasteiger partial charge in [-0.05, 0) is 30.5 Å². The third-order valence-electron chi connectivity index (χ3n) is 2.70. The lowest BCUT2D eigenvalue weighted by molar-refractivity contribution is 0.311. The molecule has 0 spiro atoms. The van der Waals surface area contributed by atoms with Crippen molar-refractivity contribution in [2.45, 2.75) is 27.3 Å². The Hall–Kier alpha value is -1.62. The minimum absolute atomic E-state index is 0.424. The minimum Gasteiger partial charge on any atom is -0.493 e. The molecule has 0 radical (unpaired) electrons. The summed E-state index contributed by atoms with van der Waals surface area (Å²) < 4.78 is 10.8. The number of nitrogens with zero attached hydrogens (tertiary/aromatic N) is 1. The van der Waals surface area contributed by atoms with Crippen LogP contribution in [0.1, 0.15) is 26.3 Å². The SMILES string of the molecule is CCOc1c(Cl)cc(CN=C(N)NCC(C)C)cc1OC. The van der Waals surface area contributed by atoms with Gasteiger partial charge in [0.2, 0.25) is 0 Å². The highest BCUT2D eigenvalue weighted by molar-refractivity contribution is 6.32. The van der Waals surface area contributed by atoms with Crippen molar-refractivity contribution < 1.29 is 9.47 Å². The fourth-order valence-electron chi connectivity index (χ4n) is 1.69. The fraction of sp³-hybridized carbons (Fsp3) is 0.533. The number of hydrogen-bond donors (Lipinski definition) is 2. The Balaban J connectivity index is 2.80. The van der Waals surface area contributed by atoms with Crippen LogP contribution in [-0.4, -0.2) is 26.2 Å². The molecule has 0 unspecified atom stereocenters. The average molecular weight is 314 g/mol. The van der Waals surface area contributed by atoms with Crippen molar-refractivity contribution in [1.82, 2.24) is 5.32 Å². The molecule has 1 aromatic rings. The number of methoxy groups -OCH3 is 1. The second-order valence-electron chi connectivity index (χ2n) is 5.02. The average Bonchev–Trinajstić information content (AvgIpc) is 2.45. The minimum atomic E-state index is 0.424. The number of hydrogen-bond acceptors (Lipinski definition) is 3. The lowest BCUT2D eigenvalue weighted by Gasteiger charge is -2.13. The molecule has 1 aromatic carbocycles. The largest absolute Gasteiger partial charge is 0.493 e. The fourth-order valence-corrected chi connectivity index (χ4v) is 1.98. The molecule has 118 valence electrons. The van der Waals surface area contributed by atoms with Crippen LogP contribution in [-0.2, 0) is 6.54 Å². The van der Waals surface area contributed by atoms with Crippen LogP contribution in [0.15, 0.2) is 17.1 Å². The predicted molar refractivity (Wildman–Crippen MR) is 87.3 cm³/mol. The molecule has 21 heavy (non-hydrogen) atoms. The Morgan fingerprint density at radius 2 is 2.14 bits per heavy atom. The summed E-state index contributed by atoms with van der Waals surface area (Å²) in [6.45, 7) is 7.87. The van der Waals surface area contributed by atoms with Crippen molar-refractivity contribution in [3.8, 4) is 11.5 Å². The summed E-state index contributed by atoms with van der Waals surface area (Å²) in [5.41, 5.74) is 6.72. The van der Waals surface area contributed by atoms with Gasteiger partial charge in [0.05, 0.1) is 25.3 Å². The van der Waals surface area contributed by atoms with Crippen LogP contribution in [0.25, 0.3) is 0 Å². The van der Waals surface area contributed by atoms with Gasteiger partial charge in [-0.2, -0.15) is 0 Å². The Bertz CT molecular complexity index is 490. The Morgan fingerprint density at radius 1 is 1.43 bits per heavy atom. The van der Waals surface area contributed by atoms with Crippen LogP contribution in [0.2, 0.25) is 5.02 Å². The van der Waals surface area contributed by atoms with Crippen LogP contribution >= 0.6 is 11.6 Å². The van der Waals surface area contributed by atoms with Gasteiger partial charge in [0.25, 0.3) is 0 Å². The van der Waals surface area contributed by atoms with Crippen molar-refractivity contribution in [3.63, 3.8) is 0 Å². The Kier molecular flexibility index (Phi) is 7.15. The molecular formula is C15H24ClN3O2. The molecule has 0 aromatic heterocycles. The van der Waals surface area contributed by atoms with Gasteiger partial charge in [0.1, 0.15) is 0 Å². The van der Waals surface area contributed by atoms with Crippen LogP contribution in [0.3, 0.4) is 0 Å². The summed E-state index contributed by atoms with van der Waals surface area (Å²) in [5, 5.41) is 3.58. The van der Waals surface area contributed by atoms with Gasteiger partial charge in [-0.15, -0.1) is 0 Å². The number of benzene rings is 1. The summed E-state index contributed by atoms with van der Waals surface area (Å²) in [7, 11) is 1.58. The first-order valence-electron chi connectivity index (χ1n) is 7.00. The number of nitrogens with two attached hydrogens (primary N) is 1. The second kappa shape index (κ2) is 8.62. The smallest absolute Gasteiger partial charge is 0.188 e. The van der Waals surface area contributed by atoms with E-state index in [9.17, 15) is 0 Å². The van der Waals surface area contributed by atoms with Gasteiger partial charge in [0, 0.05) is 6.54 Å². The number of ether oxygens (including phenoxy) is 2. The van der Waals surface area contributed by atoms with E-state index in [2.05, 4.69) is 24.2 Å². The van der Waals surface area contributed by atoms with Crippen LogP contribution < -0.4 is 20.5 Å². The van der Waals surface area contributed by atoms with Crippen molar-refractivity contribution in [1.29, 1.82) is 0 Å². The van der Waals surface area contributed by atoms with E-state index in [1.807, 2.05) is 19.1 Å². The molecule has 0 heterocycles. The van der Waals surface area contributed by atoms with Gasteiger partial charge in [0.15, 0.2) is 17.5 Å². The van der Waals surface area contributed by atoms with E-state index in [1.165, 1.54) is 0 Å². The lowest BCUT2D eigenvalue weighted by Crippen LogP contribution is -2.34. The van der Waals surface area contributed by atoms with E-state index in [-0.39, 0.29) is 0 Å². The first-order valence-corrected chi connectivity index (χ1v) is 7.38. The summed E-state index contributed by atoms with van der Waals surface area (Å²) >= 11 is 6.21. The summed E-state index contributed by atoms with van der Waals surface area (Å²) in [6, 6.07) is 3.67. The van der Waals surface area contributed by atoms with Gasteiger partial charge in [-0.1, -0.05) is 25.4 Å². The Morgan fingerprint density at radius 3 is 2.71 bits per heavy atom. The van der Waals surface area contributed by atoms with Crippen LogP contribution in [0.4, 0.5) is 0 Å². The maximum absolute atomic E-state index is 6.21. The summed E-state index contributed by atoms with van der Waals surface area (Å²) in [4.78, 5) is 4.29. The zero-order valence-electron chi connectivity index (χ0n) is 13.1. The molecule has 0 saturated heterocycles. The van der Waals surface area contributed by atoms with Gasteiger partial charge >= 0.3 is 0 Å². The first kappa shape index (κ1) is 17.4. The summed E-state index contributed by atoms with van der Waals surface area (Å²) in [5.74, 6) is 2.09. The number of halogens is 1. The molecule has 0 aliphatic heterocycles. The Labute approximate surface area is 131 Å². The highest BCUT2D eigenvalue weighted by atomic mass is 35.5. The van der Waals surface area contributed by atoms with E-state index >= 15 is 0 Å². The molecule has 0 aliphatic rings. The molecule has 0 atom stereocenters. The van der Waals surface area contributed by atoms with Gasteiger partial charge in [-0.25, -0.2) is 4.99 Å². The van der Waals surface area contributed by atoms with Crippen LogP contribution in [0, 0.1) is 5.92 Å². The predicted octanol–water partition coefficient (Wildman–Crippen LogP) is 2.81. The lowest BCUT2D eigenvalue weighted by atomic mass is 10.2. The van der Waals surface area contributed by atoms with E-state index in [0.29, 0.717) is 41.6 Å². The van der Waals surface area contributed by atoms with E-state index < -0.39 is 0 Å². The molecule has 0 fully saturated rings. The summed E-state index contributed by atoms with van der Waals surface area (Å²) in [6.07, 6.45) is 0. The monoisotopic (exact) mass is 313 g/mol. The maximum atomic E-state index is 6.21. The van der Waals surface area contributed by atoms with Crippen molar-refractivity contribution in [2.75, 3.05) is 20.3 Å². The zero-order chi connectivity index (χ0) is 15.8. The molecule has 6 heteroatoms. The standard InChI is InChI=1S/C15H24ClN3O2/c1-5-21-14-12(16)6-11(7-13(14)20-4)9-19-15(17)18-8-10(2)3/h6-7,10H,5,8-9H2,1-4H3,(H3,17,18,19). The first-order chi connectivity index (χ1) is 9.97. The number of nitrogens with one attached hydrogen (secondary N) is 1. The number of aliphatic imine (C=N–C) groups is 1. The third-order valence-corrected chi connectivity index (χ3v) is 2.98. The topological polar surface area (TPSA) is 68.9 Å². The van der Waals surface area contributed by atoms with Crippen molar-refractivity contribution in [3.05, 3.63) is 22.7 Å². The highest BCUT2D eigenvalue weighted by Crippen LogP contribution is 2.36.